The van der Waals surface area contributed by atoms with Gasteiger partial charge in [0.1, 0.15) is 0 Å². The van der Waals surface area contributed by atoms with Gasteiger partial charge in [0.15, 0.2) is 0 Å². The quantitative estimate of drug-likeness (QED) is 0.647. The van der Waals surface area contributed by atoms with Gasteiger partial charge in [0.25, 0.3) is 0 Å². The average molecular weight is 252 g/mol. The highest BCUT2D eigenvalue weighted by molar-refractivity contribution is 5.78. The molecule has 2 heterocycles. The van der Waals surface area contributed by atoms with Crippen LogP contribution in [0.15, 0.2) is 0 Å². The topological polar surface area (TPSA) is 23.6 Å². The number of amides is 2. The maximum Gasteiger partial charge on any atom is 0.321 e. The molecular weight excluding hydrogens is 224 g/mol. The van der Waals surface area contributed by atoms with Gasteiger partial charge in [0, 0.05) is 23.7 Å². The average Bonchev–Trinajstić information content (AvgIpc) is 2.30. The summed E-state index contributed by atoms with van der Waals surface area (Å²) in [5.74, 6) is 0. The van der Waals surface area contributed by atoms with Gasteiger partial charge in [0.05, 0.1) is 0 Å². The minimum absolute atomic E-state index is 0.0187. The standard InChI is InChI=1S/C15H28N2O/c1-13(2,3)16-9-8-11-14(4,5)10-15(6,7)17(11)12(16)18/h11H,8-10H2,1-7H3. The second-order valence-electron chi connectivity index (χ2n) is 8.26. The van der Waals surface area contributed by atoms with Crippen LogP contribution in [-0.4, -0.2) is 39.5 Å². The fourth-order valence-corrected chi connectivity index (χ4v) is 4.10. The summed E-state index contributed by atoms with van der Waals surface area (Å²) in [7, 11) is 0. The number of carbonyl (C=O) groups excluding carboxylic acids is 1. The maximum atomic E-state index is 12.8. The molecule has 0 saturated carbocycles. The zero-order chi connectivity index (χ0) is 13.9. The van der Waals surface area contributed by atoms with Gasteiger partial charge < -0.3 is 9.80 Å². The molecule has 0 aromatic carbocycles. The molecular formula is C15H28N2O. The minimum atomic E-state index is -0.0785. The molecule has 0 N–H and O–H groups in total. The van der Waals surface area contributed by atoms with E-state index in [2.05, 4.69) is 53.4 Å². The van der Waals surface area contributed by atoms with Crippen LogP contribution in [0.2, 0.25) is 0 Å². The van der Waals surface area contributed by atoms with Crippen molar-refractivity contribution < 1.29 is 4.79 Å². The van der Waals surface area contributed by atoms with Crippen LogP contribution in [0.1, 0.15) is 61.3 Å². The third kappa shape index (κ3) is 1.92. The van der Waals surface area contributed by atoms with Crippen LogP contribution >= 0.6 is 0 Å². The Morgan fingerprint density at radius 1 is 1.17 bits per heavy atom. The van der Waals surface area contributed by atoms with Crippen molar-refractivity contribution in [3.63, 3.8) is 0 Å². The highest BCUT2D eigenvalue weighted by Crippen LogP contribution is 2.49. The Kier molecular flexibility index (Phi) is 2.77. The molecule has 3 nitrogen and oxygen atoms in total. The van der Waals surface area contributed by atoms with Crippen molar-refractivity contribution >= 4 is 6.03 Å². The highest BCUT2D eigenvalue weighted by atomic mass is 16.2. The van der Waals surface area contributed by atoms with E-state index in [1.54, 1.807) is 0 Å². The van der Waals surface area contributed by atoms with Gasteiger partial charge in [-0.2, -0.15) is 0 Å². The van der Waals surface area contributed by atoms with E-state index in [-0.39, 0.29) is 22.5 Å². The summed E-state index contributed by atoms with van der Waals surface area (Å²) < 4.78 is 0. The van der Waals surface area contributed by atoms with Gasteiger partial charge in [-0.25, -0.2) is 4.79 Å². The molecule has 3 heteroatoms. The SMILES string of the molecule is CC1(C)CC(C)(C)N2C(=O)N(C(C)(C)C)CCC21. The van der Waals surface area contributed by atoms with Crippen LogP contribution in [0, 0.1) is 5.41 Å². The largest absolute Gasteiger partial charge is 0.321 e. The number of urea groups is 1. The number of nitrogens with zero attached hydrogens (tertiary/aromatic N) is 2. The molecule has 2 aliphatic rings. The predicted octanol–water partition coefficient (Wildman–Crippen LogP) is 3.49. The molecule has 18 heavy (non-hydrogen) atoms. The van der Waals surface area contributed by atoms with Gasteiger partial charge in [-0.1, -0.05) is 13.8 Å². The van der Waals surface area contributed by atoms with E-state index in [1.807, 2.05) is 4.90 Å². The molecule has 0 aromatic rings. The van der Waals surface area contributed by atoms with E-state index in [4.69, 9.17) is 0 Å². The number of fused-ring (bicyclic) bond motifs is 1. The Morgan fingerprint density at radius 2 is 1.72 bits per heavy atom. The molecule has 2 amide bonds. The van der Waals surface area contributed by atoms with Crippen LogP contribution in [0.5, 0.6) is 0 Å². The lowest BCUT2D eigenvalue weighted by Crippen LogP contribution is -2.62. The molecule has 1 atom stereocenters. The summed E-state index contributed by atoms with van der Waals surface area (Å²) in [6, 6.07) is 0.632. The number of hydrogen-bond donors (Lipinski definition) is 0. The zero-order valence-corrected chi connectivity index (χ0v) is 13.0. The molecule has 2 saturated heterocycles. The van der Waals surface area contributed by atoms with Crippen molar-refractivity contribution in [2.75, 3.05) is 6.54 Å². The van der Waals surface area contributed by atoms with E-state index in [0.29, 0.717) is 6.04 Å². The first-order valence-electron chi connectivity index (χ1n) is 7.08. The zero-order valence-electron chi connectivity index (χ0n) is 13.0. The highest BCUT2D eigenvalue weighted by Gasteiger charge is 2.56. The van der Waals surface area contributed by atoms with E-state index in [0.717, 1.165) is 19.4 Å². The van der Waals surface area contributed by atoms with Crippen LogP contribution in [0.3, 0.4) is 0 Å². The van der Waals surface area contributed by atoms with Gasteiger partial charge in [-0.3, -0.25) is 0 Å². The van der Waals surface area contributed by atoms with Gasteiger partial charge >= 0.3 is 6.03 Å². The summed E-state index contributed by atoms with van der Waals surface area (Å²) in [5, 5.41) is 0. The van der Waals surface area contributed by atoms with Gasteiger partial charge in [0.2, 0.25) is 0 Å². The number of rotatable bonds is 0. The molecule has 104 valence electrons. The first-order valence-corrected chi connectivity index (χ1v) is 7.08. The summed E-state index contributed by atoms with van der Waals surface area (Å²) in [6.07, 6.45) is 2.19. The fraction of sp³-hybridized carbons (Fsp3) is 0.933. The maximum absolute atomic E-state index is 12.8. The van der Waals surface area contributed by atoms with Crippen LogP contribution < -0.4 is 0 Å². The second-order valence-corrected chi connectivity index (χ2v) is 8.26. The van der Waals surface area contributed by atoms with E-state index in [9.17, 15) is 4.79 Å². The van der Waals surface area contributed by atoms with Crippen molar-refractivity contribution in [1.82, 2.24) is 9.80 Å². The molecule has 0 bridgehead atoms. The lowest BCUT2D eigenvalue weighted by Gasteiger charge is -2.49. The second kappa shape index (κ2) is 3.64. The first kappa shape index (κ1) is 13.7. The van der Waals surface area contributed by atoms with Crippen molar-refractivity contribution in [2.45, 2.75) is 78.4 Å². The fourth-order valence-electron chi connectivity index (χ4n) is 4.10. The van der Waals surface area contributed by atoms with Crippen molar-refractivity contribution in [2.24, 2.45) is 5.41 Å². The molecule has 1 unspecified atom stereocenters. The van der Waals surface area contributed by atoms with Crippen LogP contribution in [0.4, 0.5) is 4.79 Å². The number of carbonyl (C=O) groups is 1. The third-order valence-electron chi connectivity index (χ3n) is 4.63. The smallest absolute Gasteiger partial charge is 0.320 e. The molecule has 0 radical (unpaired) electrons. The van der Waals surface area contributed by atoms with Gasteiger partial charge in [-0.05, 0) is 52.9 Å². The molecule has 2 fully saturated rings. The molecule has 0 spiro atoms. The summed E-state index contributed by atoms with van der Waals surface area (Å²) in [4.78, 5) is 17.0. The van der Waals surface area contributed by atoms with E-state index < -0.39 is 0 Å². The third-order valence-corrected chi connectivity index (χ3v) is 4.63. The van der Waals surface area contributed by atoms with Crippen molar-refractivity contribution in [3.05, 3.63) is 0 Å². The summed E-state index contributed by atoms with van der Waals surface area (Å²) in [5.41, 5.74) is 0.142. The van der Waals surface area contributed by atoms with Crippen LogP contribution in [-0.2, 0) is 0 Å². The Balaban J connectivity index is 2.35. The molecule has 0 aromatic heterocycles. The molecule has 2 aliphatic heterocycles. The summed E-state index contributed by atoms with van der Waals surface area (Å²) in [6.45, 7) is 16.3. The minimum Gasteiger partial charge on any atom is -0.320 e. The Morgan fingerprint density at radius 3 is 2.22 bits per heavy atom. The van der Waals surface area contributed by atoms with Crippen molar-refractivity contribution in [1.29, 1.82) is 0 Å². The van der Waals surface area contributed by atoms with E-state index in [1.165, 1.54) is 0 Å². The lowest BCUT2D eigenvalue weighted by atomic mass is 9.80. The predicted molar refractivity (Wildman–Crippen MR) is 74.6 cm³/mol. The molecule has 2 rings (SSSR count). The van der Waals surface area contributed by atoms with E-state index >= 15 is 0 Å². The normalized spacial score (nSPS) is 30.6. The van der Waals surface area contributed by atoms with Gasteiger partial charge in [-0.15, -0.1) is 0 Å². The monoisotopic (exact) mass is 252 g/mol. The first-order chi connectivity index (χ1) is 7.97. The Bertz CT molecular complexity index is 365. The lowest BCUT2D eigenvalue weighted by molar-refractivity contribution is 0.0320. The Labute approximate surface area is 112 Å². The summed E-state index contributed by atoms with van der Waals surface area (Å²) >= 11 is 0. The Hall–Kier alpha value is -0.730. The number of hydrogen-bond acceptors (Lipinski definition) is 1. The molecule has 0 aliphatic carbocycles. The van der Waals surface area contributed by atoms with Crippen molar-refractivity contribution in [3.8, 4) is 0 Å². The van der Waals surface area contributed by atoms with Crippen LogP contribution in [0.25, 0.3) is 0 Å².